The van der Waals surface area contributed by atoms with E-state index in [2.05, 4.69) is 5.32 Å². The van der Waals surface area contributed by atoms with E-state index in [-0.39, 0.29) is 56.0 Å². The van der Waals surface area contributed by atoms with E-state index in [0.717, 1.165) is 16.3 Å². The van der Waals surface area contributed by atoms with Crippen LogP contribution in [0.15, 0.2) is 91.0 Å². The maximum atomic E-state index is 14.7. The van der Waals surface area contributed by atoms with Crippen LogP contribution in [0.2, 0.25) is 5.02 Å². The quantitative estimate of drug-likeness (QED) is 0.224. The normalized spacial score (nSPS) is 18.4. The summed E-state index contributed by atoms with van der Waals surface area (Å²) >= 11 is 6.42. The van der Waals surface area contributed by atoms with Crippen molar-refractivity contribution < 1.29 is 28.7 Å². The smallest absolute Gasteiger partial charge is 0.250 e. The highest BCUT2D eigenvalue weighted by molar-refractivity contribution is 6.30. The van der Waals surface area contributed by atoms with E-state index in [4.69, 9.17) is 22.1 Å². The van der Waals surface area contributed by atoms with Crippen molar-refractivity contribution in [3.05, 3.63) is 113 Å². The summed E-state index contributed by atoms with van der Waals surface area (Å²) in [6, 6.07) is 25.2. The van der Waals surface area contributed by atoms with Crippen molar-refractivity contribution >= 4 is 57.6 Å². The predicted octanol–water partition coefficient (Wildman–Crippen LogP) is 4.90. The number of morpholine rings is 1. The van der Waals surface area contributed by atoms with Gasteiger partial charge in [0.25, 0.3) is 5.91 Å². The lowest BCUT2D eigenvalue weighted by Crippen LogP contribution is -2.52. The van der Waals surface area contributed by atoms with Crippen molar-refractivity contribution in [2.45, 2.75) is 57.2 Å². The third-order valence-electron chi connectivity index (χ3n) is 10.0. The number of nitrogens with two attached hydrogens (primary N) is 1. The number of anilines is 1. The monoisotopic (exact) mass is 737 g/mol. The molecule has 11 nitrogen and oxygen atoms in total. The van der Waals surface area contributed by atoms with Gasteiger partial charge in [0.1, 0.15) is 12.1 Å². The highest BCUT2D eigenvalue weighted by Gasteiger charge is 2.43. The molecule has 0 bridgehead atoms. The topological polar surface area (TPSA) is 142 Å². The summed E-state index contributed by atoms with van der Waals surface area (Å²) < 4.78 is 5.28. The van der Waals surface area contributed by atoms with Gasteiger partial charge in [0.15, 0.2) is 0 Å². The van der Waals surface area contributed by atoms with Gasteiger partial charge in [-0.05, 0) is 65.1 Å². The summed E-state index contributed by atoms with van der Waals surface area (Å²) in [5.74, 6) is -1.66. The van der Waals surface area contributed by atoms with Crippen molar-refractivity contribution in [3.63, 3.8) is 0 Å². The summed E-state index contributed by atoms with van der Waals surface area (Å²) in [6.07, 6.45) is 0.802. The lowest BCUT2D eigenvalue weighted by molar-refractivity contribution is -0.148. The number of benzene rings is 4. The number of fused-ring (bicyclic) bond motifs is 1. The largest absolute Gasteiger partial charge is 0.378 e. The number of rotatable bonds is 11. The minimum atomic E-state index is -1.05. The summed E-state index contributed by atoms with van der Waals surface area (Å²) in [7, 11) is 0. The van der Waals surface area contributed by atoms with E-state index < -0.39 is 23.9 Å². The van der Waals surface area contributed by atoms with Gasteiger partial charge >= 0.3 is 0 Å². The second-order valence-electron chi connectivity index (χ2n) is 13.6. The molecule has 0 aromatic heterocycles. The molecule has 5 amide bonds. The molecule has 2 aliphatic heterocycles. The van der Waals surface area contributed by atoms with Gasteiger partial charge in [0, 0.05) is 55.6 Å². The molecule has 4 aromatic rings. The minimum Gasteiger partial charge on any atom is -0.378 e. The van der Waals surface area contributed by atoms with Gasteiger partial charge in [0.2, 0.25) is 23.6 Å². The molecule has 2 fully saturated rings. The Bertz CT molecular complexity index is 1980. The molecule has 2 saturated heterocycles. The Morgan fingerprint density at radius 2 is 1.60 bits per heavy atom. The number of nitrogens with zero attached hydrogens (tertiary/aromatic N) is 3. The average Bonchev–Trinajstić information content (AvgIpc) is 3.29. The highest BCUT2D eigenvalue weighted by Crippen LogP contribution is 2.34. The molecule has 276 valence electrons. The zero-order valence-corrected chi connectivity index (χ0v) is 30.5. The predicted molar refractivity (Wildman–Crippen MR) is 203 cm³/mol. The van der Waals surface area contributed by atoms with E-state index >= 15 is 0 Å². The number of hydrogen-bond acceptors (Lipinski definition) is 6. The molecule has 0 radical (unpaired) electrons. The number of primary amides is 1. The van der Waals surface area contributed by atoms with Crippen LogP contribution in [-0.2, 0) is 41.6 Å². The van der Waals surface area contributed by atoms with Crippen molar-refractivity contribution in [1.29, 1.82) is 0 Å². The molecule has 0 spiro atoms. The standard InChI is InChI=1S/C41H44ClN5O6/c1-27-18-19-46(35(40(43)51)26-30-8-4-7-29-6-2-3-11-34(29)30)41(52)39(31-9-5-10-32(42)25-31)47(27)38(50)24-28-12-14-33(15-13-28)44-36(48)16-17-37(49)45-20-22-53-23-21-45/h2-15,25,27,35,39H,16-24,26H2,1H3,(H2,43,51)(H,44,48). The second kappa shape index (κ2) is 17.0. The van der Waals surface area contributed by atoms with E-state index in [1.807, 2.05) is 49.4 Å². The van der Waals surface area contributed by atoms with Gasteiger partial charge in [0.05, 0.1) is 19.6 Å². The maximum absolute atomic E-state index is 14.7. The van der Waals surface area contributed by atoms with Gasteiger partial charge in [-0.25, -0.2) is 0 Å². The van der Waals surface area contributed by atoms with Crippen molar-refractivity contribution in [2.75, 3.05) is 38.2 Å². The van der Waals surface area contributed by atoms with Crippen LogP contribution in [0.1, 0.15) is 48.9 Å². The lowest BCUT2D eigenvalue weighted by atomic mass is 9.96. The van der Waals surface area contributed by atoms with Crippen molar-refractivity contribution in [3.8, 4) is 0 Å². The average molecular weight is 738 g/mol. The molecule has 6 rings (SSSR count). The molecule has 2 aliphatic rings. The Kier molecular flexibility index (Phi) is 12.1. The van der Waals surface area contributed by atoms with Crippen LogP contribution in [0.5, 0.6) is 0 Å². The second-order valence-corrected chi connectivity index (χ2v) is 14.0. The van der Waals surface area contributed by atoms with Crippen LogP contribution in [0.4, 0.5) is 5.69 Å². The first-order valence-corrected chi connectivity index (χ1v) is 18.3. The number of amides is 5. The van der Waals surface area contributed by atoms with Crippen LogP contribution in [0, 0.1) is 0 Å². The first-order chi connectivity index (χ1) is 25.6. The van der Waals surface area contributed by atoms with E-state index in [1.165, 1.54) is 4.90 Å². The first kappa shape index (κ1) is 37.5. The molecule has 53 heavy (non-hydrogen) atoms. The Hall–Kier alpha value is -5.26. The van der Waals surface area contributed by atoms with E-state index in [1.54, 1.807) is 58.3 Å². The Labute approximate surface area is 314 Å². The molecular formula is C41H44ClN5O6. The summed E-state index contributed by atoms with van der Waals surface area (Å²) in [5, 5.41) is 5.23. The van der Waals surface area contributed by atoms with Crippen molar-refractivity contribution in [1.82, 2.24) is 14.7 Å². The van der Waals surface area contributed by atoms with Gasteiger partial charge < -0.3 is 30.5 Å². The van der Waals surface area contributed by atoms with Gasteiger partial charge in [-0.1, -0.05) is 78.3 Å². The fourth-order valence-electron chi connectivity index (χ4n) is 7.21. The fraction of sp³-hybridized carbons (Fsp3) is 0.341. The van der Waals surface area contributed by atoms with E-state index in [9.17, 15) is 24.0 Å². The zero-order chi connectivity index (χ0) is 37.5. The van der Waals surface area contributed by atoms with Gasteiger partial charge in [-0.15, -0.1) is 0 Å². The van der Waals surface area contributed by atoms with Crippen LogP contribution < -0.4 is 11.1 Å². The minimum absolute atomic E-state index is 0.00772. The number of hydrogen-bond donors (Lipinski definition) is 2. The number of carbonyl (C=O) groups excluding carboxylic acids is 5. The van der Waals surface area contributed by atoms with Gasteiger partial charge in [-0.2, -0.15) is 0 Å². The molecule has 3 atom stereocenters. The Morgan fingerprint density at radius 1 is 0.887 bits per heavy atom. The van der Waals surface area contributed by atoms with Crippen LogP contribution in [0.3, 0.4) is 0 Å². The molecule has 2 heterocycles. The van der Waals surface area contributed by atoms with Crippen LogP contribution in [-0.4, -0.2) is 89.2 Å². The molecule has 3 unspecified atom stereocenters. The number of halogens is 1. The number of carbonyl (C=O) groups is 5. The maximum Gasteiger partial charge on any atom is 0.250 e. The Morgan fingerprint density at radius 3 is 2.34 bits per heavy atom. The number of nitrogens with one attached hydrogen (secondary N) is 1. The lowest BCUT2D eigenvalue weighted by Gasteiger charge is -2.36. The summed E-state index contributed by atoms with van der Waals surface area (Å²) in [5.41, 5.74) is 8.69. The molecule has 3 N–H and O–H groups in total. The molecule has 0 saturated carbocycles. The van der Waals surface area contributed by atoms with Crippen LogP contribution >= 0.6 is 11.6 Å². The third-order valence-corrected chi connectivity index (χ3v) is 10.3. The summed E-state index contributed by atoms with van der Waals surface area (Å²) in [4.78, 5) is 72.0. The first-order valence-electron chi connectivity index (χ1n) is 18.0. The zero-order valence-electron chi connectivity index (χ0n) is 29.7. The summed E-state index contributed by atoms with van der Waals surface area (Å²) in [6.45, 7) is 4.19. The number of ether oxygens (including phenoxy) is 1. The molecule has 0 aliphatic carbocycles. The molecular weight excluding hydrogens is 694 g/mol. The fourth-order valence-corrected chi connectivity index (χ4v) is 7.41. The Balaban J connectivity index is 1.19. The third kappa shape index (κ3) is 9.04. The van der Waals surface area contributed by atoms with E-state index in [0.29, 0.717) is 54.6 Å². The molecule has 12 heteroatoms. The van der Waals surface area contributed by atoms with Crippen molar-refractivity contribution in [2.24, 2.45) is 5.73 Å². The van der Waals surface area contributed by atoms with Gasteiger partial charge in [-0.3, -0.25) is 24.0 Å². The molecule has 4 aromatic carbocycles. The van der Waals surface area contributed by atoms with Crippen LogP contribution in [0.25, 0.3) is 10.8 Å². The highest BCUT2D eigenvalue weighted by atomic mass is 35.5. The SMILES string of the molecule is CC1CCN(C(Cc2cccc3ccccc23)C(N)=O)C(=O)C(c2cccc(Cl)c2)N1C(=O)Cc1ccc(NC(=O)CCC(=O)N2CCOCC2)cc1.